The molecule has 0 aromatic carbocycles. The number of piperidine rings is 1. The van der Waals surface area contributed by atoms with Gasteiger partial charge in [0.15, 0.2) is 0 Å². The number of hydrogen-bond donors (Lipinski definition) is 1. The Morgan fingerprint density at radius 3 is 2.47 bits per heavy atom. The number of carboxylic acid groups (broad SMARTS) is 1. The van der Waals surface area contributed by atoms with Gasteiger partial charge >= 0.3 is 5.97 Å². The van der Waals surface area contributed by atoms with Gasteiger partial charge in [-0.15, -0.1) is 0 Å². The Kier molecular flexibility index (Phi) is 4.43. The van der Waals surface area contributed by atoms with Crippen LogP contribution >= 0.6 is 0 Å². The van der Waals surface area contributed by atoms with Gasteiger partial charge in [0.1, 0.15) is 0 Å². The second-order valence-corrected chi connectivity index (χ2v) is 6.06. The van der Waals surface area contributed by atoms with Crippen molar-refractivity contribution in [3.05, 3.63) is 0 Å². The van der Waals surface area contributed by atoms with Crippen LogP contribution in [0.5, 0.6) is 0 Å². The average Bonchev–Trinajstić information content (AvgIpc) is 2.29. The number of rotatable bonds is 3. The maximum Gasteiger partial charge on any atom is 0.306 e. The summed E-state index contributed by atoms with van der Waals surface area (Å²) >= 11 is 0. The van der Waals surface area contributed by atoms with Crippen molar-refractivity contribution in [1.29, 1.82) is 0 Å². The third kappa shape index (κ3) is 3.70. The highest BCUT2D eigenvalue weighted by Crippen LogP contribution is 2.34. The first kappa shape index (κ1) is 12.9. The summed E-state index contributed by atoms with van der Waals surface area (Å²) in [5, 5.41) is 8.97. The summed E-state index contributed by atoms with van der Waals surface area (Å²) in [4.78, 5) is 13.3. The molecule has 3 heteroatoms. The fraction of sp³-hybridized carbons (Fsp3) is 0.929. The van der Waals surface area contributed by atoms with Crippen molar-refractivity contribution in [2.75, 3.05) is 20.1 Å². The average molecular weight is 239 g/mol. The quantitative estimate of drug-likeness (QED) is 0.823. The van der Waals surface area contributed by atoms with E-state index >= 15 is 0 Å². The van der Waals surface area contributed by atoms with Crippen molar-refractivity contribution in [2.24, 2.45) is 17.8 Å². The van der Waals surface area contributed by atoms with Crippen molar-refractivity contribution >= 4 is 5.97 Å². The predicted molar refractivity (Wildman–Crippen MR) is 67.9 cm³/mol. The van der Waals surface area contributed by atoms with Gasteiger partial charge in [-0.3, -0.25) is 4.79 Å². The van der Waals surface area contributed by atoms with E-state index in [4.69, 9.17) is 5.11 Å². The molecule has 98 valence electrons. The van der Waals surface area contributed by atoms with Crippen LogP contribution in [0.3, 0.4) is 0 Å². The minimum Gasteiger partial charge on any atom is -0.481 e. The molecule has 1 saturated heterocycles. The molecule has 0 spiro atoms. The Morgan fingerprint density at radius 1 is 1.18 bits per heavy atom. The number of nitrogens with zero attached hydrogens (tertiary/aromatic N) is 1. The molecule has 1 unspecified atom stereocenters. The van der Waals surface area contributed by atoms with E-state index in [9.17, 15) is 4.79 Å². The molecule has 2 fully saturated rings. The summed E-state index contributed by atoms with van der Waals surface area (Å²) in [6, 6.07) is 0. The van der Waals surface area contributed by atoms with Crippen LogP contribution in [0.15, 0.2) is 0 Å². The van der Waals surface area contributed by atoms with Crippen LogP contribution in [0.2, 0.25) is 0 Å². The smallest absolute Gasteiger partial charge is 0.306 e. The van der Waals surface area contributed by atoms with Gasteiger partial charge in [-0.05, 0) is 70.4 Å². The first-order valence-corrected chi connectivity index (χ1v) is 7.06. The first-order chi connectivity index (χ1) is 8.15. The van der Waals surface area contributed by atoms with E-state index in [1.807, 2.05) is 0 Å². The Labute approximate surface area is 104 Å². The molecule has 1 N–H and O–H groups in total. The molecule has 1 heterocycles. The van der Waals surface area contributed by atoms with Gasteiger partial charge in [-0.2, -0.15) is 0 Å². The van der Waals surface area contributed by atoms with Crippen molar-refractivity contribution in [2.45, 2.75) is 44.9 Å². The fourth-order valence-corrected chi connectivity index (χ4v) is 3.58. The Bertz CT molecular complexity index is 259. The van der Waals surface area contributed by atoms with Crippen molar-refractivity contribution in [3.8, 4) is 0 Å². The third-order valence-electron chi connectivity index (χ3n) is 4.58. The third-order valence-corrected chi connectivity index (χ3v) is 4.58. The van der Waals surface area contributed by atoms with Gasteiger partial charge in [0.05, 0.1) is 5.92 Å². The largest absolute Gasteiger partial charge is 0.481 e. The zero-order valence-electron chi connectivity index (χ0n) is 10.9. The van der Waals surface area contributed by atoms with Crippen LogP contribution < -0.4 is 0 Å². The van der Waals surface area contributed by atoms with Crippen LogP contribution in [-0.2, 0) is 4.79 Å². The lowest BCUT2D eigenvalue weighted by Gasteiger charge is -2.34. The Hall–Kier alpha value is -0.570. The molecule has 0 aromatic rings. The zero-order chi connectivity index (χ0) is 12.3. The summed E-state index contributed by atoms with van der Waals surface area (Å²) in [5.74, 6) is 1.02. The van der Waals surface area contributed by atoms with Crippen LogP contribution in [0.1, 0.15) is 44.9 Å². The highest BCUT2D eigenvalue weighted by molar-refractivity contribution is 5.69. The molecule has 1 saturated carbocycles. The highest BCUT2D eigenvalue weighted by Gasteiger charge is 2.28. The molecule has 1 aliphatic carbocycles. The molecule has 1 atom stereocenters. The van der Waals surface area contributed by atoms with Gasteiger partial charge in [0, 0.05) is 6.54 Å². The van der Waals surface area contributed by atoms with Crippen LogP contribution in [0, 0.1) is 17.8 Å². The molecular weight excluding hydrogens is 214 g/mol. The SMILES string of the molecule is CN1CCCC(CC2CCC(C(=O)O)CC2)C1. The molecule has 3 nitrogen and oxygen atoms in total. The lowest BCUT2D eigenvalue weighted by atomic mass is 9.77. The monoisotopic (exact) mass is 239 g/mol. The van der Waals surface area contributed by atoms with Crippen molar-refractivity contribution < 1.29 is 9.90 Å². The number of likely N-dealkylation sites (tertiary alicyclic amines) is 1. The predicted octanol–water partition coefficient (Wildman–Crippen LogP) is 2.61. The van der Waals surface area contributed by atoms with Crippen LogP contribution in [-0.4, -0.2) is 36.1 Å². The van der Waals surface area contributed by atoms with Gasteiger partial charge in [-0.1, -0.05) is 0 Å². The van der Waals surface area contributed by atoms with E-state index < -0.39 is 5.97 Å². The number of aliphatic carboxylic acids is 1. The Balaban J connectivity index is 1.72. The molecule has 0 aromatic heterocycles. The summed E-state index contributed by atoms with van der Waals surface area (Å²) in [6.07, 6.45) is 8.13. The maximum atomic E-state index is 10.9. The van der Waals surface area contributed by atoms with Crippen molar-refractivity contribution in [1.82, 2.24) is 4.90 Å². The molecule has 1 aliphatic heterocycles. The molecule has 2 aliphatic rings. The van der Waals surface area contributed by atoms with Gasteiger partial charge in [-0.25, -0.2) is 0 Å². The standard InChI is InChI=1S/C14H25NO2/c1-15-8-2-3-12(10-15)9-11-4-6-13(7-5-11)14(16)17/h11-13H,2-10H2,1H3,(H,16,17). The lowest BCUT2D eigenvalue weighted by Crippen LogP contribution is -2.33. The lowest BCUT2D eigenvalue weighted by molar-refractivity contribution is -0.143. The molecule has 0 bridgehead atoms. The number of carbonyl (C=O) groups is 1. The fourth-order valence-electron chi connectivity index (χ4n) is 3.58. The molecule has 17 heavy (non-hydrogen) atoms. The van der Waals surface area contributed by atoms with Crippen LogP contribution in [0.25, 0.3) is 0 Å². The maximum absolute atomic E-state index is 10.9. The Morgan fingerprint density at radius 2 is 1.88 bits per heavy atom. The summed E-state index contributed by atoms with van der Waals surface area (Å²) in [5.41, 5.74) is 0. The van der Waals surface area contributed by atoms with Gasteiger partial charge in [0.25, 0.3) is 0 Å². The zero-order valence-corrected chi connectivity index (χ0v) is 10.9. The van der Waals surface area contributed by atoms with E-state index in [0.29, 0.717) is 0 Å². The second-order valence-electron chi connectivity index (χ2n) is 6.06. The van der Waals surface area contributed by atoms with Crippen molar-refractivity contribution in [3.63, 3.8) is 0 Å². The van der Waals surface area contributed by atoms with Gasteiger partial charge in [0.2, 0.25) is 0 Å². The van der Waals surface area contributed by atoms with E-state index in [1.54, 1.807) is 0 Å². The number of hydrogen-bond acceptors (Lipinski definition) is 2. The van der Waals surface area contributed by atoms with E-state index in [2.05, 4.69) is 11.9 Å². The topological polar surface area (TPSA) is 40.5 Å². The van der Waals surface area contributed by atoms with E-state index in [-0.39, 0.29) is 5.92 Å². The first-order valence-electron chi connectivity index (χ1n) is 7.06. The number of carboxylic acids is 1. The summed E-state index contributed by atoms with van der Waals surface area (Å²) in [7, 11) is 2.22. The summed E-state index contributed by atoms with van der Waals surface area (Å²) < 4.78 is 0. The highest BCUT2D eigenvalue weighted by atomic mass is 16.4. The molecule has 2 rings (SSSR count). The molecular formula is C14H25NO2. The summed E-state index contributed by atoms with van der Waals surface area (Å²) in [6.45, 7) is 2.50. The van der Waals surface area contributed by atoms with E-state index in [1.165, 1.54) is 32.4 Å². The molecule has 0 radical (unpaired) electrons. The second kappa shape index (κ2) is 5.85. The normalized spacial score (nSPS) is 35.7. The van der Waals surface area contributed by atoms with E-state index in [0.717, 1.165) is 37.5 Å². The van der Waals surface area contributed by atoms with Gasteiger partial charge < -0.3 is 10.0 Å². The van der Waals surface area contributed by atoms with Crippen LogP contribution in [0.4, 0.5) is 0 Å². The minimum atomic E-state index is -0.583. The molecule has 0 amide bonds. The minimum absolute atomic E-state index is 0.0553.